The van der Waals surface area contributed by atoms with Gasteiger partial charge in [0.25, 0.3) is 5.91 Å². The predicted octanol–water partition coefficient (Wildman–Crippen LogP) is 2.72. The summed E-state index contributed by atoms with van der Waals surface area (Å²) in [4.78, 5) is 27.3. The van der Waals surface area contributed by atoms with Crippen molar-refractivity contribution in [1.29, 1.82) is 0 Å². The molecule has 29 heavy (non-hydrogen) atoms. The Morgan fingerprint density at radius 1 is 1.10 bits per heavy atom. The lowest BCUT2D eigenvalue weighted by Crippen LogP contribution is -2.36. The van der Waals surface area contributed by atoms with Crippen molar-refractivity contribution in [3.63, 3.8) is 0 Å². The van der Waals surface area contributed by atoms with Gasteiger partial charge in [-0.2, -0.15) is 0 Å². The van der Waals surface area contributed by atoms with E-state index in [2.05, 4.69) is 10.2 Å². The average Bonchev–Trinajstić information content (AvgIpc) is 2.79. The van der Waals surface area contributed by atoms with Gasteiger partial charge in [-0.1, -0.05) is 18.2 Å². The monoisotopic (exact) mass is 394 g/mol. The number of anilines is 2. The normalized spacial score (nSPS) is 15.6. The lowest BCUT2D eigenvalue weighted by atomic mass is 10.1. The third-order valence-corrected chi connectivity index (χ3v) is 4.96. The third-order valence-electron chi connectivity index (χ3n) is 4.96. The summed E-state index contributed by atoms with van der Waals surface area (Å²) in [6.45, 7) is 2.94. The zero-order valence-electron chi connectivity index (χ0n) is 16.1. The number of hydrogen-bond acceptors (Lipinski definition) is 6. The molecule has 4 rings (SSSR count). The van der Waals surface area contributed by atoms with Crippen molar-refractivity contribution in [2.24, 2.45) is 0 Å². The molecule has 0 spiro atoms. The maximum Gasteiger partial charge on any atom is 0.340 e. The number of ether oxygens (including phenoxy) is 3. The van der Waals surface area contributed by atoms with Crippen LogP contribution >= 0.6 is 0 Å². The zero-order valence-corrected chi connectivity index (χ0v) is 16.1. The number of nitrogens with zero attached hydrogens (tertiary/aromatic N) is 1. The fraction of sp³-hybridized carbons (Fsp3) is 0.273. The van der Waals surface area contributed by atoms with Gasteiger partial charge in [0.05, 0.1) is 37.1 Å². The molecule has 0 radical (unpaired) electrons. The number of hydrogen-bond donors (Lipinski definition) is 1. The van der Waals surface area contributed by atoms with Crippen LogP contribution in [0.1, 0.15) is 15.9 Å². The molecular formula is C22H22N2O5. The predicted molar refractivity (Wildman–Crippen MR) is 109 cm³/mol. The minimum Gasteiger partial charge on any atom is -0.488 e. The van der Waals surface area contributed by atoms with E-state index >= 15 is 0 Å². The Labute approximate surface area is 168 Å². The zero-order chi connectivity index (χ0) is 20.2. The minimum absolute atomic E-state index is 0.169. The molecule has 0 bridgehead atoms. The van der Waals surface area contributed by atoms with Gasteiger partial charge in [0.15, 0.2) is 0 Å². The third kappa shape index (κ3) is 4.09. The number of carbonyl (C=O) groups is 2. The fourth-order valence-electron chi connectivity index (χ4n) is 3.39. The molecule has 7 nitrogen and oxygen atoms in total. The highest BCUT2D eigenvalue weighted by Crippen LogP contribution is 2.28. The summed E-state index contributed by atoms with van der Waals surface area (Å²) in [6, 6.07) is 12.9. The molecular weight excluding hydrogens is 372 g/mol. The van der Waals surface area contributed by atoms with Crippen LogP contribution < -0.4 is 15.0 Å². The number of fused-ring (bicyclic) bond motifs is 1. The summed E-state index contributed by atoms with van der Waals surface area (Å²) in [5, 5.41) is 2.83. The highest BCUT2D eigenvalue weighted by Gasteiger charge is 2.21. The number of para-hydroxylation sites is 1. The quantitative estimate of drug-likeness (QED) is 0.804. The first-order chi connectivity index (χ1) is 14.2. The van der Waals surface area contributed by atoms with Gasteiger partial charge in [-0.15, -0.1) is 0 Å². The van der Waals surface area contributed by atoms with Crippen molar-refractivity contribution in [3.8, 4) is 5.75 Å². The van der Waals surface area contributed by atoms with Crippen LogP contribution in [-0.2, 0) is 14.3 Å². The number of carbonyl (C=O) groups excluding carboxylic acids is 2. The first kappa shape index (κ1) is 19.0. The molecule has 0 saturated carbocycles. The number of benzene rings is 2. The van der Waals surface area contributed by atoms with E-state index < -0.39 is 5.97 Å². The largest absolute Gasteiger partial charge is 0.488 e. The number of morpholine rings is 1. The Morgan fingerprint density at radius 2 is 1.90 bits per heavy atom. The SMILES string of the molecule is COC(=O)c1cc(N2CCOCC2)ccc1NC(=O)C1=Cc2ccccc2OC1. The van der Waals surface area contributed by atoms with E-state index in [1.807, 2.05) is 30.3 Å². The molecule has 1 saturated heterocycles. The van der Waals surface area contributed by atoms with Crippen LogP contribution in [0.3, 0.4) is 0 Å². The first-order valence-electron chi connectivity index (χ1n) is 9.44. The molecule has 2 heterocycles. The molecule has 0 aromatic heterocycles. The van der Waals surface area contributed by atoms with E-state index in [4.69, 9.17) is 14.2 Å². The molecule has 1 amide bonds. The summed E-state index contributed by atoms with van der Waals surface area (Å²) < 4.78 is 16.0. The molecule has 2 aromatic rings. The van der Waals surface area contributed by atoms with E-state index in [9.17, 15) is 9.59 Å². The highest BCUT2D eigenvalue weighted by molar-refractivity contribution is 6.10. The van der Waals surface area contributed by atoms with Crippen LogP contribution in [0.5, 0.6) is 5.75 Å². The lowest BCUT2D eigenvalue weighted by molar-refractivity contribution is -0.113. The summed E-state index contributed by atoms with van der Waals surface area (Å²) in [5.74, 6) is -0.0763. The average molecular weight is 394 g/mol. The molecule has 2 aliphatic rings. The molecule has 1 fully saturated rings. The molecule has 150 valence electrons. The van der Waals surface area contributed by atoms with Crippen LogP contribution in [-0.4, -0.2) is 51.9 Å². The van der Waals surface area contributed by atoms with E-state index in [1.54, 1.807) is 18.2 Å². The van der Waals surface area contributed by atoms with Crippen LogP contribution in [0.15, 0.2) is 48.0 Å². The van der Waals surface area contributed by atoms with Gasteiger partial charge < -0.3 is 24.4 Å². The Balaban J connectivity index is 1.58. The van der Waals surface area contributed by atoms with E-state index in [0.29, 0.717) is 30.0 Å². The minimum atomic E-state index is -0.505. The second-order valence-corrected chi connectivity index (χ2v) is 6.77. The molecule has 0 unspecified atom stereocenters. The number of nitrogens with one attached hydrogen (secondary N) is 1. The Hall–Kier alpha value is -3.32. The molecule has 2 aliphatic heterocycles. The van der Waals surface area contributed by atoms with Crippen LogP contribution in [0.2, 0.25) is 0 Å². The van der Waals surface area contributed by atoms with Gasteiger partial charge in [0, 0.05) is 24.3 Å². The Morgan fingerprint density at radius 3 is 2.69 bits per heavy atom. The van der Waals surface area contributed by atoms with Crippen LogP contribution in [0.25, 0.3) is 6.08 Å². The summed E-state index contributed by atoms with van der Waals surface area (Å²) in [7, 11) is 1.32. The maximum absolute atomic E-state index is 12.8. The molecule has 0 atom stereocenters. The van der Waals surface area contributed by atoms with E-state index in [-0.39, 0.29) is 12.5 Å². The standard InChI is InChI=1S/C22H22N2O5/c1-27-22(26)18-13-17(24-8-10-28-11-9-24)6-7-19(18)23-21(25)16-12-15-4-2-3-5-20(15)29-14-16/h2-7,12-13H,8-11,14H2,1H3,(H,23,25). The second-order valence-electron chi connectivity index (χ2n) is 6.77. The lowest BCUT2D eigenvalue weighted by Gasteiger charge is -2.29. The summed E-state index contributed by atoms with van der Waals surface area (Å²) >= 11 is 0. The van der Waals surface area contributed by atoms with Gasteiger partial charge in [-0.25, -0.2) is 4.79 Å². The van der Waals surface area contributed by atoms with Crippen LogP contribution in [0.4, 0.5) is 11.4 Å². The highest BCUT2D eigenvalue weighted by atomic mass is 16.5. The number of rotatable bonds is 4. The van der Waals surface area contributed by atoms with Crippen molar-refractivity contribution in [2.75, 3.05) is 50.2 Å². The van der Waals surface area contributed by atoms with Crippen molar-refractivity contribution in [2.45, 2.75) is 0 Å². The maximum atomic E-state index is 12.8. The van der Waals surface area contributed by atoms with Crippen molar-refractivity contribution >= 4 is 29.3 Å². The number of methoxy groups -OCH3 is 1. The number of amides is 1. The topological polar surface area (TPSA) is 77.1 Å². The molecule has 2 aromatic carbocycles. The second kappa shape index (κ2) is 8.36. The Kier molecular flexibility index (Phi) is 5.48. The fourth-order valence-corrected chi connectivity index (χ4v) is 3.39. The van der Waals surface area contributed by atoms with Gasteiger partial charge in [0.2, 0.25) is 0 Å². The Bertz CT molecular complexity index is 963. The summed E-state index contributed by atoms with van der Waals surface area (Å²) in [5.41, 5.74) is 2.93. The van der Waals surface area contributed by atoms with E-state index in [1.165, 1.54) is 7.11 Å². The van der Waals surface area contributed by atoms with Gasteiger partial charge in [-0.3, -0.25) is 4.79 Å². The van der Waals surface area contributed by atoms with Crippen molar-refractivity contribution < 1.29 is 23.8 Å². The molecule has 1 N–H and O–H groups in total. The van der Waals surface area contributed by atoms with Crippen molar-refractivity contribution in [1.82, 2.24) is 0 Å². The number of esters is 1. The smallest absolute Gasteiger partial charge is 0.340 e. The van der Waals surface area contributed by atoms with Gasteiger partial charge in [0.1, 0.15) is 12.4 Å². The van der Waals surface area contributed by atoms with Crippen LogP contribution in [0, 0.1) is 0 Å². The van der Waals surface area contributed by atoms with Gasteiger partial charge in [-0.05, 0) is 30.3 Å². The van der Waals surface area contributed by atoms with Crippen molar-refractivity contribution in [3.05, 3.63) is 59.2 Å². The first-order valence-corrected chi connectivity index (χ1v) is 9.44. The van der Waals surface area contributed by atoms with Gasteiger partial charge >= 0.3 is 5.97 Å². The van der Waals surface area contributed by atoms with E-state index in [0.717, 1.165) is 30.1 Å². The summed E-state index contributed by atoms with van der Waals surface area (Å²) in [6.07, 6.45) is 1.80. The molecule has 0 aliphatic carbocycles. The molecule has 7 heteroatoms.